The molecule has 0 saturated carbocycles. The maximum absolute atomic E-state index is 9.64. The highest BCUT2D eigenvalue weighted by Crippen LogP contribution is 2.37. The summed E-state index contributed by atoms with van der Waals surface area (Å²) < 4.78 is 23.7. The van der Waals surface area contributed by atoms with Crippen LogP contribution in [0.4, 0.5) is 0 Å². The van der Waals surface area contributed by atoms with Gasteiger partial charge in [0.1, 0.15) is 18.3 Å². The molecular formula is C19H20O5. The van der Waals surface area contributed by atoms with Crippen LogP contribution in [0.15, 0.2) is 60.7 Å². The molecule has 2 fully saturated rings. The SMILES string of the molecule is OC[C@H]1OC(c2ccccc2)O[C@@H]1[C@H]1COC(c2ccccc2)O1. The summed E-state index contributed by atoms with van der Waals surface area (Å²) in [6.45, 7) is 0.287. The highest BCUT2D eigenvalue weighted by Gasteiger charge is 2.45. The number of rotatable bonds is 4. The lowest BCUT2D eigenvalue weighted by Gasteiger charge is -2.20. The Balaban J connectivity index is 1.46. The monoisotopic (exact) mass is 328 g/mol. The number of hydrogen-bond acceptors (Lipinski definition) is 5. The smallest absolute Gasteiger partial charge is 0.184 e. The van der Waals surface area contributed by atoms with E-state index in [1.54, 1.807) is 0 Å². The number of benzene rings is 2. The average Bonchev–Trinajstić information content (AvgIpc) is 3.30. The summed E-state index contributed by atoms with van der Waals surface area (Å²) in [5.74, 6) is 0. The van der Waals surface area contributed by atoms with Gasteiger partial charge in [-0.2, -0.15) is 0 Å². The summed E-state index contributed by atoms with van der Waals surface area (Å²) in [7, 11) is 0. The fourth-order valence-corrected chi connectivity index (χ4v) is 3.12. The third-order valence-corrected chi connectivity index (χ3v) is 4.35. The molecule has 2 heterocycles. The van der Waals surface area contributed by atoms with Crippen molar-refractivity contribution in [2.75, 3.05) is 13.2 Å². The van der Waals surface area contributed by atoms with Crippen molar-refractivity contribution in [1.82, 2.24) is 0 Å². The number of ether oxygens (including phenoxy) is 4. The summed E-state index contributed by atoms with van der Waals surface area (Å²) in [5, 5.41) is 9.64. The molecule has 5 heteroatoms. The molecule has 1 N–H and O–H groups in total. The van der Waals surface area contributed by atoms with Crippen LogP contribution < -0.4 is 0 Å². The zero-order valence-electron chi connectivity index (χ0n) is 13.2. The second kappa shape index (κ2) is 7.01. The molecule has 0 amide bonds. The van der Waals surface area contributed by atoms with Crippen molar-refractivity contribution < 1.29 is 24.1 Å². The first-order valence-electron chi connectivity index (χ1n) is 8.14. The van der Waals surface area contributed by atoms with Crippen molar-refractivity contribution in [3.05, 3.63) is 71.8 Å². The second-order valence-electron chi connectivity index (χ2n) is 5.95. The summed E-state index contributed by atoms with van der Waals surface area (Å²) in [6.07, 6.45) is -1.98. The molecule has 126 valence electrons. The van der Waals surface area contributed by atoms with Crippen LogP contribution in [0.2, 0.25) is 0 Å². The van der Waals surface area contributed by atoms with Gasteiger partial charge < -0.3 is 24.1 Å². The van der Waals surface area contributed by atoms with Crippen LogP contribution in [0, 0.1) is 0 Å². The lowest BCUT2D eigenvalue weighted by molar-refractivity contribution is -0.107. The number of aliphatic hydroxyl groups excluding tert-OH is 1. The van der Waals surface area contributed by atoms with Gasteiger partial charge in [0.25, 0.3) is 0 Å². The fourth-order valence-electron chi connectivity index (χ4n) is 3.12. The molecule has 5 nitrogen and oxygen atoms in total. The van der Waals surface area contributed by atoms with Gasteiger partial charge in [0.2, 0.25) is 0 Å². The first kappa shape index (κ1) is 15.7. The molecule has 0 aromatic heterocycles. The molecule has 2 aliphatic rings. The molecular weight excluding hydrogens is 308 g/mol. The lowest BCUT2D eigenvalue weighted by Crippen LogP contribution is -2.38. The predicted octanol–water partition coefficient (Wildman–Crippen LogP) is 2.58. The van der Waals surface area contributed by atoms with Crippen LogP contribution in [0.25, 0.3) is 0 Å². The van der Waals surface area contributed by atoms with Crippen LogP contribution in [0.1, 0.15) is 23.7 Å². The summed E-state index contributed by atoms with van der Waals surface area (Å²) in [6, 6.07) is 19.5. The maximum Gasteiger partial charge on any atom is 0.184 e. The van der Waals surface area contributed by atoms with Gasteiger partial charge >= 0.3 is 0 Å². The summed E-state index contributed by atoms with van der Waals surface area (Å²) >= 11 is 0. The normalized spacial score (nSPS) is 33.0. The number of hydrogen-bond donors (Lipinski definition) is 1. The molecule has 2 saturated heterocycles. The fraction of sp³-hybridized carbons (Fsp3) is 0.368. The van der Waals surface area contributed by atoms with Gasteiger partial charge in [-0.25, -0.2) is 0 Å². The molecule has 2 aromatic rings. The highest BCUT2D eigenvalue weighted by molar-refractivity contribution is 5.18. The zero-order valence-corrected chi connectivity index (χ0v) is 13.2. The van der Waals surface area contributed by atoms with Crippen molar-refractivity contribution >= 4 is 0 Å². The topological polar surface area (TPSA) is 57.2 Å². The molecule has 2 unspecified atom stereocenters. The van der Waals surface area contributed by atoms with Crippen molar-refractivity contribution in [1.29, 1.82) is 0 Å². The predicted molar refractivity (Wildman–Crippen MR) is 86.0 cm³/mol. The molecule has 2 aromatic carbocycles. The Labute approximate surface area is 140 Å². The van der Waals surface area contributed by atoms with E-state index in [2.05, 4.69) is 0 Å². The Kier molecular flexibility index (Phi) is 4.60. The largest absolute Gasteiger partial charge is 0.394 e. The van der Waals surface area contributed by atoms with Gasteiger partial charge in [-0.05, 0) is 0 Å². The molecule has 0 spiro atoms. The van der Waals surface area contributed by atoms with Gasteiger partial charge in [0.05, 0.1) is 13.2 Å². The van der Waals surface area contributed by atoms with Crippen LogP contribution in [-0.2, 0) is 18.9 Å². The second-order valence-corrected chi connectivity index (χ2v) is 5.95. The van der Waals surface area contributed by atoms with Gasteiger partial charge in [-0.1, -0.05) is 60.7 Å². The summed E-state index contributed by atoms with van der Waals surface area (Å²) in [4.78, 5) is 0. The van der Waals surface area contributed by atoms with E-state index in [1.807, 2.05) is 60.7 Å². The van der Waals surface area contributed by atoms with E-state index in [4.69, 9.17) is 18.9 Å². The minimum Gasteiger partial charge on any atom is -0.394 e. The average molecular weight is 328 g/mol. The van der Waals surface area contributed by atoms with Gasteiger partial charge in [-0.3, -0.25) is 0 Å². The highest BCUT2D eigenvalue weighted by atomic mass is 16.8. The Hall–Kier alpha value is -1.76. The van der Waals surface area contributed by atoms with E-state index in [-0.39, 0.29) is 18.8 Å². The van der Waals surface area contributed by atoms with E-state index in [0.717, 1.165) is 11.1 Å². The van der Waals surface area contributed by atoms with E-state index in [0.29, 0.717) is 6.61 Å². The van der Waals surface area contributed by atoms with Crippen LogP contribution in [0.3, 0.4) is 0 Å². The first-order chi connectivity index (χ1) is 11.8. The zero-order chi connectivity index (χ0) is 16.4. The molecule has 0 aliphatic carbocycles. The third kappa shape index (κ3) is 3.09. The third-order valence-electron chi connectivity index (χ3n) is 4.35. The van der Waals surface area contributed by atoms with Crippen LogP contribution >= 0.6 is 0 Å². The standard InChI is InChI=1S/C19H20O5/c20-11-15-17(24-19(22-15)14-9-5-2-6-10-14)16-12-21-18(23-16)13-7-3-1-4-8-13/h1-10,15-20H,11-12H2/t15-,16-,17+,18?,19?/m1/s1. The Bertz CT molecular complexity index is 647. The van der Waals surface area contributed by atoms with Gasteiger partial charge in [0.15, 0.2) is 12.6 Å². The minimum atomic E-state index is -0.493. The van der Waals surface area contributed by atoms with Crippen LogP contribution in [-0.4, -0.2) is 36.6 Å². The molecule has 24 heavy (non-hydrogen) atoms. The maximum atomic E-state index is 9.64. The molecule has 0 bridgehead atoms. The van der Waals surface area contributed by atoms with E-state index in [1.165, 1.54) is 0 Å². The molecule has 0 radical (unpaired) electrons. The van der Waals surface area contributed by atoms with Crippen LogP contribution in [0.5, 0.6) is 0 Å². The van der Waals surface area contributed by atoms with Crippen molar-refractivity contribution in [2.24, 2.45) is 0 Å². The Morgan fingerprint density at radius 2 is 1.42 bits per heavy atom. The van der Waals surface area contributed by atoms with E-state index >= 15 is 0 Å². The minimum absolute atomic E-state index is 0.121. The van der Waals surface area contributed by atoms with Crippen molar-refractivity contribution in [3.63, 3.8) is 0 Å². The summed E-state index contributed by atoms with van der Waals surface area (Å²) in [5.41, 5.74) is 1.90. The van der Waals surface area contributed by atoms with Crippen molar-refractivity contribution in [2.45, 2.75) is 30.9 Å². The lowest BCUT2D eigenvalue weighted by atomic mass is 10.1. The first-order valence-corrected chi connectivity index (χ1v) is 8.14. The molecule has 4 rings (SSSR count). The van der Waals surface area contributed by atoms with E-state index in [9.17, 15) is 5.11 Å². The molecule has 2 aliphatic heterocycles. The van der Waals surface area contributed by atoms with E-state index < -0.39 is 18.7 Å². The quantitative estimate of drug-likeness (QED) is 0.935. The van der Waals surface area contributed by atoms with Crippen molar-refractivity contribution in [3.8, 4) is 0 Å². The Morgan fingerprint density at radius 3 is 2.04 bits per heavy atom. The number of aliphatic hydroxyl groups is 1. The Morgan fingerprint density at radius 1 is 0.792 bits per heavy atom. The van der Waals surface area contributed by atoms with Gasteiger partial charge in [0, 0.05) is 11.1 Å². The molecule has 5 atom stereocenters. The van der Waals surface area contributed by atoms with Gasteiger partial charge in [-0.15, -0.1) is 0 Å².